The molecule has 0 amide bonds. The van der Waals surface area contributed by atoms with Gasteiger partial charge in [-0.2, -0.15) is 0 Å². The second-order valence-electron chi connectivity index (χ2n) is 6.80. The van der Waals surface area contributed by atoms with Crippen molar-refractivity contribution in [2.45, 2.75) is 13.5 Å². The van der Waals surface area contributed by atoms with Gasteiger partial charge in [0.05, 0.1) is 17.3 Å². The van der Waals surface area contributed by atoms with Crippen molar-refractivity contribution in [2.75, 3.05) is 13.2 Å². The first-order chi connectivity index (χ1) is 13.7. The monoisotopic (exact) mass is 393 g/mol. The molecule has 2 aromatic carbocycles. The van der Waals surface area contributed by atoms with Crippen molar-refractivity contribution in [3.63, 3.8) is 0 Å². The van der Waals surface area contributed by atoms with E-state index in [2.05, 4.69) is 54.7 Å². The molecule has 0 aliphatic carbocycles. The summed E-state index contributed by atoms with van der Waals surface area (Å²) in [7, 11) is 0. The van der Waals surface area contributed by atoms with E-state index < -0.39 is 0 Å². The van der Waals surface area contributed by atoms with Crippen LogP contribution in [-0.2, 0) is 6.54 Å². The van der Waals surface area contributed by atoms with Crippen molar-refractivity contribution < 1.29 is 6.53 Å². The molecule has 4 nitrogen and oxygen atoms in total. The fourth-order valence-electron chi connectivity index (χ4n) is 3.49. The Morgan fingerprint density at radius 2 is 1.86 bits per heavy atom. The zero-order valence-electron chi connectivity index (χ0n) is 15.7. The first kappa shape index (κ1) is 18.7. The summed E-state index contributed by atoms with van der Waals surface area (Å²) in [6.45, 7) is 3.44. The SMILES string of the molecule is Cc1c(-c2ccccc2)cccc1-c1cn2cc(CNCCO)cc(Cl)c2n1.[HH]. The van der Waals surface area contributed by atoms with Gasteiger partial charge in [-0.3, -0.25) is 0 Å². The lowest BCUT2D eigenvalue weighted by atomic mass is 9.95. The van der Waals surface area contributed by atoms with E-state index in [1.807, 2.05) is 28.9 Å². The van der Waals surface area contributed by atoms with Crippen LogP contribution in [0.1, 0.15) is 12.6 Å². The maximum atomic E-state index is 8.93. The van der Waals surface area contributed by atoms with Gasteiger partial charge in [0, 0.05) is 32.5 Å². The molecule has 28 heavy (non-hydrogen) atoms. The minimum Gasteiger partial charge on any atom is -0.395 e. The van der Waals surface area contributed by atoms with Crippen molar-refractivity contribution >= 4 is 17.2 Å². The van der Waals surface area contributed by atoms with E-state index in [4.69, 9.17) is 21.7 Å². The van der Waals surface area contributed by atoms with Crippen LogP contribution in [0.5, 0.6) is 0 Å². The largest absolute Gasteiger partial charge is 0.395 e. The van der Waals surface area contributed by atoms with Crippen molar-refractivity contribution in [1.29, 1.82) is 0 Å². The van der Waals surface area contributed by atoms with Gasteiger partial charge in [0.1, 0.15) is 0 Å². The van der Waals surface area contributed by atoms with Crippen LogP contribution in [0.2, 0.25) is 5.02 Å². The van der Waals surface area contributed by atoms with Crippen LogP contribution in [0.3, 0.4) is 0 Å². The van der Waals surface area contributed by atoms with E-state index in [9.17, 15) is 0 Å². The van der Waals surface area contributed by atoms with Crippen LogP contribution in [0.4, 0.5) is 0 Å². The zero-order chi connectivity index (χ0) is 19.5. The lowest BCUT2D eigenvalue weighted by Crippen LogP contribution is -2.17. The molecule has 2 heterocycles. The lowest BCUT2D eigenvalue weighted by molar-refractivity contribution is 0.292. The first-order valence-electron chi connectivity index (χ1n) is 9.31. The smallest absolute Gasteiger partial charge is 0.156 e. The highest BCUT2D eigenvalue weighted by Gasteiger charge is 2.13. The molecule has 4 aromatic rings. The number of hydrogen-bond acceptors (Lipinski definition) is 3. The fraction of sp³-hybridized carbons (Fsp3) is 0.174. The Morgan fingerprint density at radius 1 is 1.07 bits per heavy atom. The molecule has 0 spiro atoms. The highest BCUT2D eigenvalue weighted by atomic mass is 35.5. The third-order valence-corrected chi connectivity index (χ3v) is 5.15. The van der Waals surface area contributed by atoms with E-state index in [0.29, 0.717) is 18.1 Å². The van der Waals surface area contributed by atoms with Crippen LogP contribution in [-0.4, -0.2) is 27.6 Å². The van der Waals surface area contributed by atoms with Crippen LogP contribution in [0, 0.1) is 6.92 Å². The van der Waals surface area contributed by atoms with Gasteiger partial charge in [0.2, 0.25) is 0 Å². The van der Waals surface area contributed by atoms with Crippen LogP contribution >= 0.6 is 11.6 Å². The number of aliphatic hydroxyl groups is 1. The first-order valence-corrected chi connectivity index (χ1v) is 9.69. The fourth-order valence-corrected chi connectivity index (χ4v) is 3.77. The summed E-state index contributed by atoms with van der Waals surface area (Å²) in [5, 5.41) is 12.7. The number of aromatic nitrogens is 2. The van der Waals surface area contributed by atoms with Crippen LogP contribution in [0.25, 0.3) is 28.0 Å². The number of pyridine rings is 1. The summed E-state index contributed by atoms with van der Waals surface area (Å²) in [6.07, 6.45) is 4.05. The maximum absolute atomic E-state index is 8.93. The normalized spacial score (nSPS) is 11.2. The number of imidazole rings is 1. The van der Waals surface area contributed by atoms with Gasteiger partial charge >= 0.3 is 0 Å². The topological polar surface area (TPSA) is 49.6 Å². The van der Waals surface area contributed by atoms with E-state index in [-0.39, 0.29) is 8.03 Å². The second-order valence-corrected chi connectivity index (χ2v) is 7.21. The minimum atomic E-state index is 0. The third kappa shape index (κ3) is 3.67. The Kier molecular flexibility index (Phi) is 5.44. The second kappa shape index (κ2) is 8.15. The number of nitrogens with one attached hydrogen (secondary N) is 1. The van der Waals surface area contributed by atoms with E-state index in [1.54, 1.807) is 0 Å². The minimum absolute atomic E-state index is 0. The molecule has 144 valence electrons. The van der Waals surface area contributed by atoms with Gasteiger partial charge in [-0.25, -0.2) is 4.98 Å². The molecule has 2 aromatic heterocycles. The van der Waals surface area contributed by atoms with Gasteiger partial charge in [0.25, 0.3) is 0 Å². The van der Waals surface area contributed by atoms with Gasteiger partial charge < -0.3 is 14.8 Å². The van der Waals surface area contributed by atoms with Gasteiger partial charge in [0.15, 0.2) is 5.65 Å². The summed E-state index contributed by atoms with van der Waals surface area (Å²) >= 11 is 6.48. The highest BCUT2D eigenvalue weighted by Crippen LogP contribution is 2.32. The Labute approximate surface area is 170 Å². The number of nitrogens with zero attached hydrogens (tertiary/aromatic N) is 2. The van der Waals surface area contributed by atoms with Crippen molar-refractivity contribution in [3.05, 3.63) is 83.1 Å². The summed E-state index contributed by atoms with van der Waals surface area (Å²) in [4.78, 5) is 4.79. The molecule has 0 radical (unpaired) electrons. The highest BCUT2D eigenvalue weighted by molar-refractivity contribution is 6.33. The maximum Gasteiger partial charge on any atom is 0.156 e. The standard InChI is InChI=1S/C23H22ClN3O.H2/c1-16-19(18-6-3-2-4-7-18)8-5-9-20(16)22-15-27-14-17(13-25-10-11-28)12-21(24)23(27)26-22;/h2-9,12,14-15,25,28H,10-11,13H2,1H3;1H. The predicted molar refractivity (Wildman–Crippen MR) is 117 cm³/mol. The quantitative estimate of drug-likeness (QED) is 0.455. The van der Waals surface area contributed by atoms with Gasteiger partial charge in [-0.05, 0) is 35.2 Å². The summed E-state index contributed by atoms with van der Waals surface area (Å²) in [5.41, 5.74) is 7.38. The molecule has 0 bridgehead atoms. The number of fused-ring (bicyclic) bond motifs is 1. The average Bonchev–Trinajstić information content (AvgIpc) is 3.13. The van der Waals surface area contributed by atoms with Crippen molar-refractivity contribution in [3.8, 4) is 22.4 Å². The third-order valence-electron chi connectivity index (χ3n) is 4.88. The molecule has 0 aliphatic rings. The van der Waals surface area contributed by atoms with Gasteiger partial charge in [-0.15, -0.1) is 0 Å². The molecule has 0 atom stereocenters. The van der Waals surface area contributed by atoms with E-state index in [1.165, 1.54) is 16.7 Å². The Bertz CT molecular complexity index is 1110. The molecular formula is C23H24ClN3O. The molecule has 0 saturated heterocycles. The number of hydrogen-bond donors (Lipinski definition) is 2. The predicted octanol–water partition coefficient (Wildman–Crippen LogP) is 4.96. The summed E-state index contributed by atoms with van der Waals surface area (Å²) in [6, 6.07) is 18.6. The molecule has 5 heteroatoms. The summed E-state index contributed by atoms with van der Waals surface area (Å²) in [5.74, 6) is 0. The van der Waals surface area contributed by atoms with E-state index >= 15 is 0 Å². The molecule has 4 rings (SSSR count). The van der Waals surface area contributed by atoms with Crippen LogP contribution < -0.4 is 5.32 Å². The number of benzene rings is 2. The Hall–Kier alpha value is -2.66. The summed E-state index contributed by atoms with van der Waals surface area (Å²) < 4.78 is 1.97. The molecule has 2 N–H and O–H groups in total. The molecule has 0 fully saturated rings. The Morgan fingerprint density at radius 3 is 2.64 bits per heavy atom. The van der Waals surface area contributed by atoms with Crippen molar-refractivity contribution in [1.82, 2.24) is 14.7 Å². The Balaban J connectivity index is 0.00000240. The molecule has 0 saturated carbocycles. The number of aliphatic hydroxyl groups excluding tert-OH is 1. The average molecular weight is 394 g/mol. The number of halogens is 1. The molecule has 0 aliphatic heterocycles. The van der Waals surface area contributed by atoms with Gasteiger partial charge in [-0.1, -0.05) is 60.1 Å². The zero-order valence-corrected chi connectivity index (χ0v) is 16.4. The lowest BCUT2D eigenvalue weighted by Gasteiger charge is -2.10. The number of rotatable bonds is 6. The van der Waals surface area contributed by atoms with Crippen LogP contribution in [0.15, 0.2) is 67.0 Å². The molecular weight excluding hydrogens is 370 g/mol. The molecule has 0 unspecified atom stereocenters. The van der Waals surface area contributed by atoms with Crippen molar-refractivity contribution in [2.24, 2.45) is 0 Å². The van der Waals surface area contributed by atoms with E-state index in [0.717, 1.165) is 22.5 Å².